The molecule has 0 saturated carbocycles. The number of para-hydroxylation sites is 3. The normalized spacial score (nSPS) is 13.7. The second-order valence-electron chi connectivity index (χ2n) is 35.4. The zero-order valence-electron chi connectivity index (χ0n) is 71.1. The van der Waals surface area contributed by atoms with E-state index in [9.17, 15) is 0 Å². The van der Waals surface area contributed by atoms with Gasteiger partial charge >= 0.3 is 0 Å². The average Bonchev–Trinajstić information content (AvgIpc) is 1.52. The zero-order chi connectivity index (χ0) is 85.2. The lowest BCUT2D eigenvalue weighted by Gasteiger charge is -2.36. The Kier molecular flexibility index (Phi) is 16.6. The van der Waals surface area contributed by atoms with Crippen LogP contribution >= 0.6 is 0 Å². The lowest BCUT2D eigenvalue weighted by atomic mass is 9.66. The third-order valence-corrected chi connectivity index (χ3v) is 28.6. The van der Waals surface area contributed by atoms with Gasteiger partial charge in [-0.05, 0) is 252 Å². The van der Waals surface area contributed by atoms with Gasteiger partial charge in [0.05, 0.1) is 16.5 Å². The quantitative estimate of drug-likeness (QED) is 0.159. The first-order valence-electron chi connectivity index (χ1n) is 44.8. The summed E-state index contributed by atoms with van der Waals surface area (Å²) in [6.07, 6.45) is 0. The van der Waals surface area contributed by atoms with Crippen molar-refractivity contribution in [2.45, 2.75) is 30.1 Å². The largest absolute Gasteiger partial charge is 0.456 e. The molecule has 7 aliphatic rings. The van der Waals surface area contributed by atoms with E-state index in [1.54, 1.807) is 0 Å². The standard InChI is InChI=1S/C64H43NO.C61H39NO/c1-63(2)55-26-12-7-23-49(55)51-34-31-41(38-59(51)63)65(40-33-36-62-54(37-40)46-20-6-5-19-45(46)53-25-11-16-30-61(53)66-62)42-32-35-52-50-24-10-15-29-58(50)64(60(52)39-42)56-27-13-8-21-47(56)43-17-3-4-18-44(43)48-22-9-14-28-57(48)64;1-2-18-40(19-3-1)43-20-11-16-32-58(43)62(41-35-37-60-53(38-41)47-24-7-6-23-46(47)52-28-12-17-33-59(52)63-60)42-34-36-51-50-27-10-15-31-56(50)61(57(51)39-42)54-29-13-8-25-48(54)44-21-4-5-22-45(44)49-26-9-14-30-55(49)61/h3-39H,1-2H3;1-39H. The maximum absolute atomic E-state index is 6.81. The monoisotopic (exact) mass is 1640 g/mol. The van der Waals surface area contributed by atoms with Gasteiger partial charge in [-0.15, -0.1) is 0 Å². The second-order valence-corrected chi connectivity index (χ2v) is 35.4. The molecular formula is C125H82N2O2. The van der Waals surface area contributed by atoms with Crippen LogP contribution in [-0.4, -0.2) is 0 Å². The molecule has 4 nitrogen and oxygen atoms in total. The number of hydrogen-bond donors (Lipinski definition) is 0. The maximum Gasteiger partial charge on any atom is 0.135 e. The first-order valence-corrected chi connectivity index (χ1v) is 44.8. The van der Waals surface area contributed by atoms with E-state index in [2.05, 4.69) is 479 Å². The molecule has 2 spiro atoms. The van der Waals surface area contributed by atoms with E-state index in [-0.39, 0.29) is 5.41 Å². The van der Waals surface area contributed by atoms with E-state index in [4.69, 9.17) is 9.47 Å². The topological polar surface area (TPSA) is 24.9 Å². The fourth-order valence-corrected chi connectivity index (χ4v) is 23.2. The minimum Gasteiger partial charge on any atom is -0.456 e. The predicted molar refractivity (Wildman–Crippen MR) is 531 cm³/mol. The number of nitrogens with zero attached hydrogens (tertiary/aromatic N) is 2. The number of anilines is 6. The van der Waals surface area contributed by atoms with Gasteiger partial charge in [0.1, 0.15) is 23.0 Å². The molecule has 604 valence electrons. The van der Waals surface area contributed by atoms with Crippen molar-refractivity contribution in [2.24, 2.45) is 0 Å². The number of rotatable bonds is 7. The molecule has 2 heterocycles. The van der Waals surface area contributed by atoms with Crippen LogP contribution in [0.4, 0.5) is 34.1 Å². The molecule has 27 rings (SSSR count). The van der Waals surface area contributed by atoms with Gasteiger partial charge in [0.15, 0.2) is 0 Å². The first kappa shape index (κ1) is 74.1. The van der Waals surface area contributed by atoms with E-state index >= 15 is 0 Å². The van der Waals surface area contributed by atoms with Crippen molar-refractivity contribution in [3.63, 3.8) is 0 Å². The minimum absolute atomic E-state index is 0.174. The Labute approximate surface area is 751 Å². The molecule has 20 aromatic rings. The highest BCUT2D eigenvalue weighted by Crippen LogP contribution is 2.66. The van der Waals surface area contributed by atoms with Crippen LogP contribution in [0.1, 0.15) is 69.5 Å². The summed E-state index contributed by atoms with van der Waals surface area (Å²) in [6, 6.07) is 170. The van der Waals surface area contributed by atoms with E-state index in [1.807, 2.05) is 6.07 Å². The van der Waals surface area contributed by atoms with Crippen LogP contribution in [0, 0.1) is 0 Å². The number of fused-ring (bicyclic) bond motifs is 37. The van der Waals surface area contributed by atoms with Crippen molar-refractivity contribution in [1.29, 1.82) is 0 Å². The van der Waals surface area contributed by atoms with Crippen molar-refractivity contribution in [3.8, 4) is 157 Å². The van der Waals surface area contributed by atoms with Gasteiger partial charge in [-0.1, -0.05) is 384 Å². The second kappa shape index (κ2) is 28.8. The van der Waals surface area contributed by atoms with E-state index in [0.717, 1.165) is 113 Å². The van der Waals surface area contributed by atoms with E-state index in [1.165, 1.54) is 134 Å². The van der Waals surface area contributed by atoms with Gasteiger partial charge in [-0.25, -0.2) is 0 Å². The molecule has 20 aromatic carbocycles. The number of hydrogen-bond acceptors (Lipinski definition) is 4. The molecular weight excluding hydrogens is 1560 g/mol. The molecule has 0 unspecified atom stereocenters. The van der Waals surface area contributed by atoms with Crippen LogP contribution < -0.4 is 19.3 Å². The third-order valence-electron chi connectivity index (χ3n) is 28.6. The van der Waals surface area contributed by atoms with Gasteiger partial charge in [0, 0.05) is 61.7 Å². The van der Waals surface area contributed by atoms with E-state index in [0.29, 0.717) is 0 Å². The summed E-state index contributed by atoms with van der Waals surface area (Å²) in [5.41, 5.74) is 47.1. The molecule has 2 aliphatic heterocycles. The SMILES string of the molecule is CC1(C)c2ccccc2-c2ccc(N(c3ccc4c(c3)-c3ccccc3-c3ccccc3O4)c3ccc4c(c3)C3(c5ccccc5-c5ccccc5-c5ccccc53)c3ccccc3-4)cc21.c1ccc(-c2ccccc2N(c2ccc3c(c2)-c2ccccc2-c2ccccc2O3)c2ccc3c(c2)C2(c4ccccc4-c4ccccc4-c4ccccc42)c2ccccc2-3)cc1. The Morgan fingerprint density at radius 3 is 0.775 bits per heavy atom. The Hall–Kier alpha value is -16.4. The highest BCUT2D eigenvalue weighted by atomic mass is 16.5. The average molecular weight is 1640 g/mol. The Bertz CT molecular complexity index is 7950. The van der Waals surface area contributed by atoms with Crippen LogP contribution in [0.3, 0.4) is 0 Å². The summed E-state index contributed by atoms with van der Waals surface area (Å²) in [7, 11) is 0. The summed E-state index contributed by atoms with van der Waals surface area (Å²) in [4.78, 5) is 4.95. The number of benzene rings is 20. The highest BCUT2D eigenvalue weighted by Gasteiger charge is 2.52. The van der Waals surface area contributed by atoms with Crippen molar-refractivity contribution >= 4 is 34.1 Å². The Balaban J connectivity index is 0.000000136. The molecule has 0 atom stereocenters. The molecule has 0 saturated heterocycles. The molecule has 4 heteroatoms. The lowest BCUT2D eigenvalue weighted by molar-refractivity contribution is 0.487. The van der Waals surface area contributed by atoms with Gasteiger partial charge in [-0.3, -0.25) is 0 Å². The summed E-state index contributed by atoms with van der Waals surface area (Å²) < 4.78 is 13.6. The van der Waals surface area contributed by atoms with Gasteiger partial charge in [-0.2, -0.15) is 0 Å². The Morgan fingerprint density at radius 1 is 0.155 bits per heavy atom. The molecule has 0 amide bonds. The van der Waals surface area contributed by atoms with Crippen LogP contribution in [-0.2, 0) is 16.2 Å². The van der Waals surface area contributed by atoms with Crippen LogP contribution in [0.15, 0.2) is 461 Å². The van der Waals surface area contributed by atoms with Gasteiger partial charge in [0.25, 0.3) is 0 Å². The smallest absolute Gasteiger partial charge is 0.135 e. The number of ether oxygens (including phenoxy) is 2. The predicted octanol–water partition coefficient (Wildman–Crippen LogP) is 33.2. The molecule has 0 radical (unpaired) electrons. The van der Waals surface area contributed by atoms with Crippen LogP contribution in [0.25, 0.3) is 134 Å². The highest BCUT2D eigenvalue weighted by molar-refractivity contribution is 6.04. The fourth-order valence-electron chi connectivity index (χ4n) is 23.2. The van der Waals surface area contributed by atoms with Crippen molar-refractivity contribution < 1.29 is 9.47 Å². The molecule has 0 fully saturated rings. The van der Waals surface area contributed by atoms with Gasteiger partial charge < -0.3 is 19.3 Å². The Morgan fingerprint density at radius 2 is 0.388 bits per heavy atom. The summed E-state index contributed by atoms with van der Waals surface area (Å²) in [5.74, 6) is 3.40. The van der Waals surface area contributed by atoms with Crippen molar-refractivity contribution in [1.82, 2.24) is 0 Å². The molecule has 0 N–H and O–H groups in total. The maximum atomic E-state index is 6.81. The molecule has 0 bridgehead atoms. The zero-order valence-corrected chi connectivity index (χ0v) is 71.1. The van der Waals surface area contributed by atoms with Crippen LogP contribution in [0.5, 0.6) is 23.0 Å². The minimum atomic E-state index is -0.606. The summed E-state index contributed by atoms with van der Waals surface area (Å²) in [6.45, 7) is 4.74. The third kappa shape index (κ3) is 10.9. The molecule has 5 aliphatic carbocycles. The van der Waals surface area contributed by atoms with Crippen LogP contribution in [0.2, 0.25) is 0 Å². The summed E-state index contributed by atoms with van der Waals surface area (Å²) in [5, 5.41) is 0. The molecule has 129 heavy (non-hydrogen) atoms. The summed E-state index contributed by atoms with van der Waals surface area (Å²) >= 11 is 0. The van der Waals surface area contributed by atoms with Crippen molar-refractivity contribution in [3.05, 3.63) is 517 Å². The lowest BCUT2D eigenvalue weighted by Crippen LogP contribution is -2.29. The first-order chi connectivity index (χ1) is 63.8. The van der Waals surface area contributed by atoms with E-state index < -0.39 is 10.8 Å². The molecule has 0 aromatic heterocycles. The fraction of sp³-hybridized carbons (Fsp3) is 0.0400. The van der Waals surface area contributed by atoms with Gasteiger partial charge in [0.2, 0.25) is 0 Å². The van der Waals surface area contributed by atoms with Crippen molar-refractivity contribution in [2.75, 3.05) is 9.80 Å².